The van der Waals surface area contributed by atoms with E-state index in [0.717, 1.165) is 0 Å². The highest BCUT2D eigenvalue weighted by atomic mass is 35.5. The molecule has 43 heavy (non-hydrogen) atoms. The van der Waals surface area contributed by atoms with Crippen LogP contribution in [0.2, 0.25) is 10.0 Å². The summed E-state index contributed by atoms with van der Waals surface area (Å²) in [5.41, 5.74) is 5.07. The Labute approximate surface area is 261 Å². The summed E-state index contributed by atoms with van der Waals surface area (Å²) in [6.07, 6.45) is -0.657. The monoisotopic (exact) mass is 627 g/mol. The molecule has 1 aliphatic heterocycles. The van der Waals surface area contributed by atoms with Gasteiger partial charge in [0.25, 0.3) is 5.91 Å². The average Bonchev–Trinajstić information content (AvgIpc) is 3.35. The lowest BCUT2D eigenvalue weighted by Gasteiger charge is -2.31. The lowest BCUT2D eigenvalue weighted by atomic mass is 9.83. The van der Waals surface area contributed by atoms with Gasteiger partial charge >= 0.3 is 5.97 Å². The van der Waals surface area contributed by atoms with Crippen molar-refractivity contribution in [3.05, 3.63) is 94.0 Å². The number of esters is 1. The number of rotatable bonds is 12. The number of ether oxygens (including phenoxy) is 3. The molecular weight excluding hydrogens is 593 g/mol. The van der Waals surface area contributed by atoms with Gasteiger partial charge in [-0.2, -0.15) is 0 Å². The Balaban J connectivity index is 1.74. The number of aliphatic hydroxyl groups is 1. The molecule has 1 heterocycles. The van der Waals surface area contributed by atoms with Crippen molar-refractivity contribution in [2.24, 2.45) is 4.99 Å². The Hall–Kier alpha value is -3.79. The zero-order valence-electron chi connectivity index (χ0n) is 24.2. The van der Waals surface area contributed by atoms with E-state index in [0.29, 0.717) is 40.6 Å². The molecule has 2 atom stereocenters. The van der Waals surface area contributed by atoms with E-state index in [9.17, 15) is 9.59 Å². The molecule has 1 aliphatic rings. The summed E-state index contributed by atoms with van der Waals surface area (Å²) in [6, 6.07) is 21.0. The standard InChI is InChI=1S/C32H35Cl2N3O6/c1-31(2,3)43-27(39)16-17-32(30(40)37-36-23-8-5-4-6-9-23)28(25-15-12-22(33)20-26(25)34)42-29(35-32)21-10-13-24(14-11-21)41-19-7-18-38/h4-6,8-15,20,28,36,38H,7,16-19H2,1-3H3,(H,37,40)/t28-,32-/m0/s1. The Morgan fingerprint density at radius 3 is 2.42 bits per heavy atom. The van der Waals surface area contributed by atoms with Gasteiger partial charge in [-0.3, -0.25) is 20.4 Å². The van der Waals surface area contributed by atoms with Crippen LogP contribution >= 0.6 is 23.2 Å². The van der Waals surface area contributed by atoms with E-state index in [1.54, 1.807) is 75.4 Å². The van der Waals surface area contributed by atoms with Crippen molar-refractivity contribution in [1.29, 1.82) is 0 Å². The molecule has 228 valence electrons. The number of para-hydroxylation sites is 1. The summed E-state index contributed by atoms with van der Waals surface area (Å²) >= 11 is 12.8. The molecule has 3 aromatic rings. The maximum absolute atomic E-state index is 14.2. The van der Waals surface area contributed by atoms with E-state index >= 15 is 0 Å². The SMILES string of the molecule is CC(C)(C)OC(=O)CC[C@]1(C(=O)NNc2ccccc2)N=C(c2ccc(OCCCO)cc2)O[C@H]1c1ccc(Cl)cc1Cl. The molecule has 1 amide bonds. The number of nitrogens with zero attached hydrogens (tertiary/aromatic N) is 1. The molecule has 0 bridgehead atoms. The summed E-state index contributed by atoms with van der Waals surface area (Å²) in [4.78, 5) is 31.9. The number of aliphatic imine (C=N–C) groups is 1. The van der Waals surface area contributed by atoms with Crippen LogP contribution in [0.4, 0.5) is 5.69 Å². The molecule has 3 N–H and O–H groups in total. The Morgan fingerprint density at radius 1 is 1.05 bits per heavy atom. The average molecular weight is 629 g/mol. The van der Waals surface area contributed by atoms with Crippen LogP contribution in [-0.2, 0) is 19.1 Å². The predicted molar refractivity (Wildman–Crippen MR) is 166 cm³/mol. The molecule has 0 unspecified atom stereocenters. The maximum atomic E-state index is 14.2. The summed E-state index contributed by atoms with van der Waals surface area (Å²) in [5, 5.41) is 9.72. The molecule has 0 saturated heterocycles. The number of hydrazine groups is 1. The third-order valence-corrected chi connectivity index (χ3v) is 7.06. The van der Waals surface area contributed by atoms with E-state index in [4.69, 9.17) is 47.5 Å². The van der Waals surface area contributed by atoms with Crippen molar-refractivity contribution in [3.8, 4) is 5.75 Å². The number of carbonyl (C=O) groups excluding carboxylic acids is 2. The molecule has 0 aromatic heterocycles. The Morgan fingerprint density at radius 2 is 1.77 bits per heavy atom. The van der Waals surface area contributed by atoms with Gasteiger partial charge in [-0.05, 0) is 75.7 Å². The first kappa shape index (κ1) is 32.1. The number of benzene rings is 3. The zero-order chi connectivity index (χ0) is 31.0. The second-order valence-electron chi connectivity index (χ2n) is 11.0. The number of aliphatic hydroxyl groups excluding tert-OH is 1. The van der Waals surface area contributed by atoms with Gasteiger partial charge in [0.1, 0.15) is 11.4 Å². The lowest BCUT2D eigenvalue weighted by Crippen LogP contribution is -2.50. The summed E-state index contributed by atoms with van der Waals surface area (Å²) < 4.78 is 17.6. The number of hydrogen-bond donors (Lipinski definition) is 3. The van der Waals surface area contributed by atoms with Crippen LogP contribution in [-0.4, -0.2) is 47.2 Å². The number of halogens is 2. The molecule has 0 aliphatic carbocycles. The number of carbonyl (C=O) groups is 2. The van der Waals surface area contributed by atoms with Gasteiger partial charge in [0.2, 0.25) is 5.90 Å². The fraction of sp³-hybridized carbons (Fsp3) is 0.344. The van der Waals surface area contributed by atoms with Gasteiger partial charge in [-0.1, -0.05) is 47.5 Å². The number of anilines is 1. The molecule has 3 aromatic carbocycles. The summed E-state index contributed by atoms with van der Waals surface area (Å²) in [5.74, 6) is -0.217. The normalized spacial score (nSPS) is 17.9. The largest absolute Gasteiger partial charge is 0.494 e. The molecule has 0 radical (unpaired) electrons. The van der Waals surface area contributed by atoms with Crippen LogP contribution < -0.4 is 15.6 Å². The summed E-state index contributed by atoms with van der Waals surface area (Å²) in [7, 11) is 0. The van der Waals surface area contributed by atoms with Crippen molar-refractivity contribution in [2.75, 3.05) is 18.6 Å². The fourth-order valence-electron chi connectivity index (χ4n) is 4.51. The van der Waals surface area contributed by atoms with Gasteiger partial charge in [0.15, 0.2) is 11.6 Å². The molecule has 11 heteroatoms. The van der Waals surface area contributed by atoms with Crippen molar-refractivity contribution < 1.29 is 28.9 Å². The Kier molecular flexibility index (Phi) is 10.6. The van der Waals surface area contributed by atoms with Crippen LogP contribution in [0, 0.1) is 0 Å². The van der Waals surface area contributed by atoms with Crippen LogP contribution in [0.1, 0.15) is 57.3 Å². The first-order valence-corrected chi connectivity index (χ1v) is 14.7. The Bertz CT molecular complexity index is 1440. The molecule has 0 spiro atoms. The first-order valence-electron chi connectivity index (χ1n) is 13.9. The van der Waals surface area contributed by atoms with Crippen molar-refractivity contribution in [3.63, 3.8) is 0 Å². The highest BCUT2D eigenvalue weighted by Crippen LogP contribution is 2.45. The molecule has 0 fully saturated rings. The minimum Gasteiger partial charge on any atom is -0.494 e. The quantitative estimate of drug-likeness (QED) is 0.123. The number of nitrogens with one attached hydrogen (secondary N) is 2. The topological polar surface area (TPSA) is 118 Å². The minimum absolute atomic E-state index is 0.0317. The highest BCUT2D eigenvalue weighted by molar-refractivity contribution is 6.35. The van der Waals surface area contributed by atoms with Crippen molar-refractivity contribution in [1.82, 2.24) is 5.43 Å². The van der Waals surface area contributed by atoms with E-state index < -0.39 is 29.1 Å². The second-order valence-corrected chi connectivity index (χ2v) is 11.8. The van der Waals surface area contributed by atoms with E-state index in [1.165, 1.54) is 0 Å². The molecule has 4 rings (SSSR count). The second kappa shape index (κ2) is 14.1. The fourth-order valence-corrected chi connectivity index (χ4v) is 5.01. The van der Waals surface area contributed by atoms with E-state index in [1.807, 2.05) is 18.2 Å². The lowest BCUT2D eigenvalue weighted by molar-refractivity contribution is -0.155. The molecular formula is C32H35Cl2N3O6. The van der Waals surface area contributed by atoms with E-state index in [-0.39, 0.29) is 30.4 Å². The van der Waals surface area contributed by atoms with Gasteiger partial charge < -0.3 is 19.3 Å². The highest BCUT2D eigenvalue weighted by Gasteiger charge is 2.54. The van der Waals surface area contributed by atoms with Crippen LogP contribution in [0.3, 0.4) is 0 Å². The molecule has 9 nitrogen and oxygen atoms in total. The predicted octanol–water partition coefficient (Wildman–Crippen LogP) is 6.28. The van der Waals surface area contributed by atoms with Gasteiger partial charge in [-0.15, -0.1) is 0 Å². The smallest absolute Gasteiger partial charge is 0.306 e. The van der Waals surface area contributed by atoms with Crippen molar-refractivity contribution in [2.45, 2.75) is 57.3 Å². The van der Waals surface area contributed by atoms with Crippen LogP contribution in [0.25, 0.3) is 0 Å². The third kappa shape index (κ3) is 8.40. The maximum Gasteiger partial charge on any atom is 0.306 e. The number of hydrogen-bond acceptors (Lipinski definition) is 8. The van der Waals surface area contributed by atoms with Gasteiger partial charge in [0.05, 0.1) is 12.3 Å². The number of amides is 1. The first-order chi connectivity index (χ1) is 20.5. The van der Waals surface area contributed by atoms with Crippen LogP contribution in [0.5, 0.6) is 5.75 Å². The zero-order valence-corrected chi connectivity index (χ0v) is 25.7. The van der Waals surface area contributed by atoms with Crippen LogP contribution in [0.15, 0.2) is 77.8 Å². The van der Waals surface area contributed by atoms with Crippen molar-refractivity contribution >= 4 is 46.7 Å². The third-order valence-electron chi connectivity index (χ3n) is 6.50. The minimum atomic E-state index is -1.62. The molecule has 0 saturated carbocycles. The van der Waals surface area contributed by atoms with Gasteiger partial charge in [-0.25, -0.2) is 4.99 Å². The summed E-state index contributed by atoms with van der Waals surface area (Å²) in [6.45, 7) is 5.73. The van der Waals surface area contributed by atoms with Gasteiger partial charge in [0, 0.05) is 40.6 Å². The van der Waals surface area contributed by atoms with E-state index in [2.05, 4.69) is 10.9 Å².